The molecule has 2 aromatic heterocycles. The predicted molar refractivity (Wildman–Crippen MR) is 72.5 cm³/mol. The van der Waals surface area contributed by atoms with Gasteiger partial charge in [-0.05, 0) is 6.07 Å². The van der Waals surface area contributed by atoms with E-state index in [-0.39, 0.29) is 23.5 Å². The lowest BCUT2D eigenvalue weighted by molar-refractivity contribution is -0.154. The second kappa shape index (κ2) is 7.49. The fraction of sp³-hybridized carbons (Fsp3) is 0.308. The topological polar surface area (TPSA) is 89.9 Å². The molecule has 2 rings (SSSR count). The van der Waals surface area contributed by atoms with Crippen LogP contribution in [-0.4, -0.2) is 39.1 Å². The molecule has 2 heterocycles. The maximum absolute atomic E-state index is 12.5. The highest BCUT2D eigenvalue weighted by Crippen LogP contribution is 2.27. The van der Waals surface area contributed by atoms with Gasteiger partial charge in [0.25, 0.3) is 0 Å². The monoisotopic (exact) mass is 381 g/mol. The van der Waals surface area contributed by atoms with E-state index in [1.165, 1.54) is 6.07 Å². The van der Waals surface area contributed by atoms with Crippen LogP contribution in [0.5, 0.6) is 6.01 Å². The predicted octanol–water partition coefficient (Wildman–Crippen LogP) is 2.14. The van der Waals surface area contributed by atoms with Crippen molar-refractivity contribution in [3.05, 3.63) is 30.0 Å². The van der Waals surface area contributed by atoms with Crippen LogP contribution >= 0.6 is 0 Å². The molecule has 0 bridgehead atoms. The van der Waals surface area contributed by atoms with Crippen molar-refractivity contribution in [1.29, 1.82) is 0 Å². The van der Waals surface area contributed by atoms with Crippen molar-refractivity contribution in [2.24, 2.45) is 0 Å². The van der Waals surface area contributed by atoms with Gasteiger partial charge in [-0.2, -0.15) is 36.3 Å². The maximum Gasteiger partial charge on any atom is 0.451 e. The van der Waals surface area contributed by atoms with Crippen LogP contribution in [0.3, 0.4) is 0 Å². The van der Waals surface area contributed by atoms with Gasteiger partial charge in [-0.1, -0.05) is 0 Å². The van der Waals surface area contributed by atoms with E-state index in [1.54, 1.807) is 0 Å². The van der Waals surface area contributed by atoms with E-state index in [9.17, 15) is 31.1 Å². The normalized spacial score (nSPS) is 11.9. The summed E-state index contributed by atoms with van der Waals surface area (Å²) in [6.07, 6.45) is -7.44. The van der Waals surface area contributed by atoms with Crippen LogP contribution in [-0.2, 0) is 17.5 Å². The van der Waals surface area contributed by atoms with E-state index in [1.807, 2.05) is 0 Å². The van der Waals surface area contributed by atoms with Gasteiger partial charge in [0.15, 0.2) is 6.61 Å². The van der Waals surface area contributed by atoms with Crippen molar-refractivity contribution in [1.82, 2.24) is 25.3 Å². The van der Waals surface area contributed by atoms with E-state index < -0.39 is 30.8 Å². The van der Waals surface area contributed by atoms with Crippen molar-refractivity contribution in [2.75, 3.05) is 6.61 Å². The van der Waals surface area contributed by atoms with Gasteiger partial charge in [0.2, 0.25) is 12.2 Å². The SMILES string of the molecule is O=CNCc1cc(-c2cnc(C(F)(F)F)nc2)nc(OCC(F)(F)F)n1. The molecule has 0 atom stereocenters. The molecule has 0 saturated heterocycles. The lowest BCUT2D eigenvalue weighted by Gasteiger charge is -2.11. The number of carbonyl (C=O) groups excluding carboxylic acids is 1. The van der Waals surface area contributed by atoms with Crippen LogP contribution in [0.4, 0.5) is 26.3 Å². The number of hydrogen-bond donors (Lipinski definition) is 1. The average Bonchev–Trinajstić information content (AvgIpc) is 2.57. The fourth-order valence-corrected chi connectivity index (χ4v) is 1.68. The van der Waals surface area contributed by atoms with Gasteiger partial charge in [-0.3, -0.25) is 4.79 Å². The number of nitrogens with one attached hydrogen (secondary N) is 1. The zero-order valence-corrected chi connectivity index (χ0v) is 12.6. The summed E-state index contributed by atoms with van der Waals surface area (Å²) in [5.41, 5.74) is -0.0163. The van der Waals surface area contributed by atoms with Gasteiger partial charge in [-0.25, -0.2) is 9.97 Å². The van der Waals surface area contributed by atoms with Gasteiger partial charge in [0, 0.05) is 18.0 Å². The molecule has 2 aromatic rings. The van der Waals surface area contributed by atoms with Crippen LogP contribution < -0.4 is 10.1 Å². The number of aromatic nitrogens is 4. The number of halogens is 6. The molecule has 0 aliphatic rings. The lowest BCUT2D eigenvalue weighted by Crippen LogP contribution is -2.21. The molecule has 26 heavy (non-hydrogen) atoms. The summed E-state index contributed by atoms with van der Waals surface area (Å²) in [6.45, 7) is -1.83. The van der Waals surface area contributed by atoms with Gasteiger partial charge < -0.3 is 10.1 Å². The molecule has 1 amide bonds. The smallest absolute Gasteiger partial charge is 0.451 e. The van der Waals surface area contributed by atoms with Crippen molar-refractivity contribution in [2.45, 2.75) is 18.9 Å². The summed E-state index contributed by atoms with van der Waals surface area (Å²) in [5, 5.41) is 2.24. The minimum absolute atomic E-state index is 0.00962. The standard InChI is InChI=1S/C13H9F6N5O2/c14-12(15,16)5-26-11-23-8(4-20-6-25)1-9(24-11)7-2-21-10(22-3-7)13(17,18)19/h1-3,6H,4-5H2,(H,20,25). The molecule has 0 aromatic carbocycles. The van der Waals surface area contributed by atoms with E-state index in [0.29, 0.717) is 6.41 Å². The highest BCUT2D eigenvalue weighted by Gasteiger charge is 2.34. The minimum atomic E-state index is -4.75. The van der Waals surface area contributed by atoms with Gasteiger partial charge in [0.05, 0.1) is 17.9 Å². The third-order valence-electron chi connectivity index (χ3n) is 2.69. The third kappa shape index (κ3) is 5.53. The molecule has 0 spiro atoms. The van der Waals surface area contributed by atoms with E-state index in [4.69, 9.17) is 0 Å². The average molecular weight is 381 g/mol. The second-order valence-corrected chi connectivity index (χ2v) is 4.72. The van der Waals surface area contributed by atoms with Crippen LogP contribution in [0.15, 0.2) is 18.5 Å². The number of alkyl halides is 6. The zero-order valence-electron chi connectivity index (χ0n) is 12.6. The first kappa shape index (κ1) is 19.3. The summed E-state index contributed by atoms with van der Waals surface area (Å²) in [6, 6.07) is 0.575. The Labute approximate surface area is 141 Å². The maximum atomic E-state index is 12.5. The van der Waals surface area contributed by atoms with Gasteiger partial charge >= 0.3 is 18.4 Å². The Kier molecular flexibility index (Phi) is 5.57. The molecule has 140 valence electrons. The Hall–Kier alpha value is -2.99. The van der Waals surface area contributed by atoms with Crippen LogP contribution in [0.2, 0.25) is 0 Å². The highest BCUT2D eigenvalue weighted by molar-refractivity contribution is 5.57. The number of carbonyl (C=O) groups is 1. The summed E-state index contributed by atoms with van der Waals surface area (Å²) in [4.78, 5) is 24.0. The number of amides is 1. The van der Waals surface area contributed by atoms with Gasteiger partial charge in [0.1, 0.15) is 0 Å². The van der Waals surface area contributed by atoms with Crippen LogP contribution in [0.25, 0.3) is 11.3 Å². The Morgan fingerprint density at radius 3 is 2.27 bits per heavy atom. The van der Waals surface area contributed by atoms with Gasteiger partial charge in [-0.15, -0.1) is 0 Å². The Morgan fingerprint density at radius 2 is 1.73 bits per heavy atom. The summed E-state index contributed by atoms with van der Waals surface area (Å²) in [7, 11) is 0. The Morgan fingerprint density at radius 1 is 1.08 bits per heavy atom. The van der Waals surface area contributed by atoms with E-state index in [2.05, 4.69) is 30.0 Å². The number of nitrogens with zero attached hydrogens (tertiary/aromatic N) is 4. The second-order valence-electron chi connectivity index (χ2n) is 4.72. The fourth-order valence-electron chi connectivity index (χ4n) is 1.68. The molecule has 0 radical (unpaired) electrons. The van der Waals surface area contributed by atoms with Crippen molar-refractivity contribution < 1.29 is 35.9 Å². The Bertz CT molecular complexity index is 763. The highest BCUT2D eigenvalue weighted by atomic mass is 19.4. The summed E-state index contributed by atoms with van der Waals surface area (Å²) in [5.74, 6) is -1.38. The summed E-state index contributed by atoms with van der Waals surface area (Å²) >= 11 is 0. The summed E-state index contributed by atoms with van der Waals surface area (Å²) < 4.78 is 78.7. The zero-order chi connectivity index (χ0) is 19.4. The van der Waals surface area contributed by atoms with Crippen molar-refractivity contribution in [3.63, 3.8) is 0 Å². The number of ether oxygens (including phenoxy) is 1. The first-order valence-electron chi connectivity index (χ1n) is 6.72. The number of hydrogen-bond acceptors (Lipinski definition) is 6. The van der Waals surface area contributed by atoms with E-state index >= 15 is 0 Å². The molecular formula is C13H9F6N5O2. The molecule has 0 fully saturated rings. The van der Waals surface area contributed by atoms with Crippen LogP contribution in [0, 0.1) is 0 Å². The molecule has 13 heteroatoms. The van der Waals surface area contributed by atoms with Crippen LogP contribution in [0.1, 0.15) is 11.5 Å². The lowest BCUT2D eigenvalue weighted by atomic mass is 10.2. The van der Waals surface area contributed by atoms with Crippen molar-refractivity contribution >= 4 is 6.41 Å². The molecule has 7 nitrogen and oxygen atoms in total. The van der Waals surface area contributed by atoms with E-state index in [0.717, 1.165) is 12.4 Å². The molecule has 1 N–H and O–H groups in total. The van der Waals surface area contributed by atoms with Crippen molar-refractivity contribution in [3.8, 4) is 17.3 Å². The third-order valence-corrected chi connectivity index (χ3v) is 2.69. The molecule has 0 saturated carbocycles. The molecule has 0 aliphatic heterocycles. The number of rotatable bonds is 6. The molecule has 0 aliphatic carbocycles. The molecular weight excluding hydrogens is 372 g/mol. The minimum Gasteiger partial charge on any atom is -0.454 e. The largest absolute Gasteiger partial charge is 0.454 e. The quantitative estimate of drug-likeness (QED) is 0.609. The first-order valence-corrected chi connectivity index (χ1v) is 6.72. The first-order chi connectivity index (χ1) is 12.1. The molecule has 0 unspecified atom stereocenters. The Balaban J connectivity index is 2.34.